The molecule has 4 nitrogen and oxygen atoms in total. The molecule has 0 aliphatic heterocycles. The molecule has 0 bridgehead atoms. The van der Waals surface area contributed by atoms with Crippen molar-refractivity contribution in [2.75, 3.05) is 13.2 Å². The zero-order valence-corrected chi connectivity index (χ0v) is 13.3. The number of amides is 1. The lowest BCUT2D eigenvalue weighted by atomic mass is 9.87. The Kier molecular flexibility index (Phi) is 5.15. The summed E-state index contributed by atoms with van der Waals surface area (Å²) < 4.78 is 5.63. The molecule has 0 fully saturated rings. The van der Waals surface area contributed by atoms with Crippen molar-refractivity contribution >= 4 is 5.91 Å². The molecule has 1 heterocycles. The van der Waals surface area contributed by atoms with Crippen molar-refractivity contribution in [1.82, 2.24) is 10.3 Å². The first-order chi connectivity index (χ1) is 10.5. The van der Waals surface area contributed by atoms with E-state index in [9.17, 15) is 4.79 Å². The molecule has 1 aromatic heterocycles. The summed E-state index contributed by atoms with van der Waals surface area (Å²) in [6.07, 6.45) is 3.18. The lowest BCUT2D eigenvalue weighted by Crippen LogP contribution is -2.28. The van der Waals surface area contributed by atoms with Gasteiger partial charge in [-0.3, -0.25) is 9.78 Å². The maximum Gasteiger partial charge on any atom is 0.252 e. The van der Waals surface area contributed by atoms with E-state index in [0.717, 1.165) is 5.75 Å². The minimum Gasteiger partial charge on any atom is -0.492 e. The SMILES string of the molecule is CC(C)(C)c1ccc(OCCNC(=O)c2cccnc2)cc1. The van der Waals surface area contributed by atoms with Gasteiger partial charge >= 0.3 is 0 Å². The second kappa shape index (κ2) is 7.07. The summed E-state index contributed by atoms with van der Waals surface area (Å²) in [6.45, 7) is 7.42. The highest BCUT2D eigenvalue weighted by atomic mass is 16.5. The molecule has 0 radical (unpaired) electrons. The Bertz CT molecular complexity index is 601. The lowest BCUT2D eigenvalue weighted by molar-refractivity contribution is 0.0946. The van der Waals surface area contributed by atoms with Crippen LogP contribution in [0.15, 0.2) is 48.8 Å². The summed E-state index contributed by atoms with van der Waals surface area (Å²) >= 11 is 0. The topological polar surface area (TPSA) is 51.2 Å². The number of hydrogen-bond donors (Lipinski definition) is 1. The van der Waals surface area contributed by atoms with Gasteiger partial charge < -0.3 is 10.1 Å². The summed E-state index contributed by atoms with van der Waals surface area (Å²) in [6, 6.07) is 11.5. The monoisotopic (exact) mass is 298 g/mol. The van der Waals surface area contributed by atoms with Crippen LogP contribution in [-0.2, 0) is 5.41 Å². The van der Waals surface area contributed by atoms with Crippen LogP contribution in [0.2, 0.25) is 0 Å². The first-order valence-electron chi connectivity index (χ1n) is 7.38. The molecule has 1 N–H and O–H groups in total. The van der Waals surface area contributed by atoms with Gasteiger partial charge in [0.15, 0.2) is 0 Å². The van der Waals surface area contributed by atoms with Crippen LogP contribution >= 0.6 is 0 Å². The van der Waals surface area contributed by atoms with Crippen molar-refractivity contribution in [3.8, 4) is 5.75 Å². The zero-order chi connectivity index (χ0) is 16.0. The van der Waals surface area contributed by atoms with Gasteiger partial charge in [0.1, 0.15) is 12.4 Å². The van der Waals surface area contributed by atoms with Crippen molar-refractivity contribution in [3.63, 3.8) is 0 Å². The third kappa shape index (κ3) is 4.58. The smallest absolute Gasteiger partial charge is 0.252 e. The van der Waals surface area contributed by atoms with E-state index >= 15 is 0 Å². The quantitative estimate of drug-likeness (QED) is 0.863. The molecule has 0 saturated carbocycles. The molecular weight excluding hydrogens is 276 g/mol. The van der Waals surface area contributed by atoms with Gasteiger partial charge in [0.05, 0.1) is 12.1 Å². The highest BCUT2D eigenvalue weighted by molar-refractivity contribution is 5.93. The number of benzene rings is 1. The van der Waals surface area contributed by atoms with Crippen LogP contribution in [0.3, 0.4) is 0 Å². The second-order valence-electron chi connectivity index (χ2n) is 6.12. The Labute approximate surface area is 131 Å². The Balaban J connectivity index is 1.76. The van der Waals surface area contributed by atoms with Crippen LogP contribution < -0.4 is 10.1 Å². The molecule has 1 aromatic carbocycles. The van der Waals surface area contributed by atoms with E-state index in [0.29, 0.717) is 18.7 Å². The van der Waals surface area contributed by atoms with Crippen LogP contribution in [0.5, 0.6) is 5.75 Å². The van der Waals surface area contributed by atoms with E-state index in [1.54, 1.807) is 24.5 Å². The van der Waals surface area contributed by atoms with Gasteiger partial charge in [0.2, 0.25) is 0 Å². The molecule has 0 unspecified atom stereocenters. The molecule has 0 spiro atoms. The minimum absolute atomic E-state index is 0.135. The van der Waals surface area contributed by atoms with Crippen molar-refractivity contribution in [2.24, 2.45) is 0 Å². The summed E-state index contributed by atoms with van der Waals surface area (Å²) in [7, 11) is 0. The second-order valence-corrected chi connectivity index (χ2v) is 6.12. The molecule has 2 rings (SSSR count). The lowest BCUT2D eigenvalue weighted by Gasteiger charge is -2.19. The summed E-state index contributed by atoms with van der Waals surface area (Å²) in [5, 5.41) is 2.80. The number of nitrogens with zero attached hydrogens (tertiary/aromatic N) is 1. The van der Waals surface area contributed by atoms with Crippen LogP contribution in [0.1, 0.15) is 36.7 Å². The van der Waals surface area contributed by atoms with Crippen molar-refractivity contribution in [2.45, 2.75) is 26.2 Å². The third-order valence-electron chi connectivity index (χ3n) is 3.30. The van der Waals surface area contributed by atoms with E-state index in [4.69, 9.17) is 4.74 Å². The van der Waals surface area contributed by atoms with E-state index in [-0.39, 0.29) is 11.3 Å². The molecule has 0 aliphatic rings. The van der Waals surface area contributed by atoms with Gasteiger partial charge in [-0.2, -0.15) is 0 Å². The van der Waals surface area contributed by atoms with Crippen molar-refractivity contribution in [1.29, 1.82) is 0 Å². The van der Waals surface area contributed by atoms with Crippen LogP contribution in [0.25, 0.3) is 0 Å². The number of rotatable bonds is 5. The van der Waals surface area contributed by atoms with Crippen LogP contribution in [-0.4, -0.2) is 24.0 Å². The maximum atomic E-state index is 11.8. The summed E-state index contributed by atoms with van der Waals surface area (Å²) in [5.41, 5.74) is 1.96. The average molecular weight is 298 g/mol. The number of pyridine rings is 1. The van der Waals surface area contributed by atoms with Crippen molar-refractivity contribution < 1.29 is 9.53 Å². The maximum absolute atomic E-state index is 11.8. The summed E-state index contributed by atoms with van der Waals surface area (Å²) in [4.78, 5) is 15.7. The zero-order valence-electron chi connectivity index (χ0n) is 13.3. The van der Waals surface area contributed by atoms with Gasteiger partial charge in [-0.05, 0) is 35.2 Å². The van der Waals surface area contributed by atoms with Gasteiger partial charge in [-0.1, -0.05) is 32.9 Å². The van der Waals surface area contributed by atoms with Crippen LogP contribution in [0, 0.1) is 0 Å². The Morgan fingerprint density at radius 1 is 1.18 bits per heavy atom. The highest BCUT2D eigenvalue weighted by Crippen LogP contribution is 2.24. The molecular formula is C18H22N2O2. The molecule has 22 heavy (non-hydrogen) atoms. The fourth-order valence-corrected chi connectivity index (χ4v) is 1.98. The fraction of sp³-hybridized carbons (Fsp3) is 0.333. The van der Waals surface area contributed by atoms with Gasteiger partial charge in [-0.15, -0.1) is 0 Å². The first-order valence-corrected chi connectivity index (χ1v) is 7.38. The minimum atomic E-state index is -0.139. The largest absolute Gasteiger partial charge is 0.492 e. The average Bonchev–Trinajstić information content (AvgIpc) is 2.52. The number of nitrogens with one attached hydrogen (secondary N) is 1. The molecule has 1 amide bonds. The van der Waals surface area contributed by atoms with E-state index < -0.39 is 0 Å². The van der Waals surface area contributed by atoms with Gasteiger partial charge in [0.25, 0.3) is 5.91 Å². The molecule has 4 heteroatoms. The first kappa shape index (κ1) is 16.0. The van der Waals surface area contributed by atoms with Crippen LogP contribution in [0.4, 0.5) is 0 Å². The predicted molar refractivity (Wildman–Crippen MR) is 87.2 cm³/mol. The van der Waals surface area contributed by atoms with Gasteiger partial charge in [-0.25, -0.2) is 0 Å². The number of hydrogen-bond acceptors (Lipinski definition) is 3. The standard InChI is InChI=1S/C18H22N2O2/c1-18(2,3)15-6-8-16(9-7-15)22-12-11-20-17(21)14-5-4-10-19-13-14/h4-10,13H,11-12H2,1-3H3,(H,20,21). The highest BCUT2D eigenvalue weighted by Gasteiger charge is 2.12. The van der Waals surface area contributed by atoms with Crippen molar-refractivity contribution in [3.05, 3.63) is 59.9 Å². The normalized spacial score (nSPS) is 11.0. The number of aromatic nitrogens is 1. The number of carbonyl (C=O) groups is 1. The molecule has 0 aliphatic carbocycles. The Morgan fingerprint density at radius 3 is 2.50 bits per heavy atom. The number of carbonyl (C=O) groups excluding carboxylic acids is 1. The Hall–Kier alpha value is -2.36. The molecule has 116 valence electrons. The Morgan fingerprint density at radius 2 is 1.91 bits per heavy atom. The molecule has 2 aromatic rings. The third-order valence-corrected chi connectivity index (χ3v) is 3.30. The van der Waals surface area contributed by atoms with E-state index in [1.165, 1.54) is 5.56 Å². The molecule has 0 saturated heterocycles. The van der Waals surface area contributed by atoms with E-state index in [1.807, 2.05) is 12.1 Å². The molecule has 0 atom stereocenters. The fourth-order valence-electron chi connectivity index (χ4n) is 1.98. The summed E-state index contributed by atoms with van der Waals surface area (Å²) in [5.74, 6) is 0.670. The number of ether oxygens (including phenoxy) is 1. The predicted octanol–water partition coefficient (Wildman–Crippen LogP) is 3.19. The van der Waals surface area contributed by atoms with E-state index in [2.05, 4.69) is 43.2 Å². The van der Waals surface area contributed by atoms with Gasteiger partial charge in [0, 0.05) is 12.4 Å².